The molecule has 0 spiro atoms. The second kappa shape index (κ2) is 9.94. The van der Waals surface area contributed by atoms with Crippen molar-refractivity contribution >= 4 is 40.5 Å². The van der Waals surface area contributed by atoms with E-state index in [2.05, 4.69) is 10.6 Å². The maximum absolute atomic E-state index is 12.8. The van der Waals surface area contributed by atoms with E-state index in [9.17, 15) is 9.59 Å². The first kappa shape index (κ1) is 21.4. The lowest BCUT2D eigenvalue weighted by molar-refractivity contribution is -0.114. The van der Waals surface area contributed by atoms with Gasteiger partial charge in [0.25, 0.3) is 5.91 Å². The minimum atomic E-state index is -0.179. The molecule has 0 bridgehead atoms. The Balaban J connectivity index is 1.59. The molecule has 0 heterocycles. The van der Waals surface area contributed by atoms with E-state index in [1.165, 1.54) is 0 Å². The molecule has 0 aromatic heterocycles. The molecule has 2 N–H and O–H groups in total. The van der Waals surface area contributed by atoms with Gasteiger partial charge >= 0.3 is 0 Å². The maximum Gasteiger partial charge on any atom is 0.258 e. The number of benzene rings is 3. The quantitative estimate of drug-likeness (QED) is 0.539. The van der Waals surface area contributed by atoms with E-state index in [0.717, 1.165) is 16.9 Å². The van der Waals surface area contributed by atoms with Crippen molar-refractivity contribution in [1.82, 2.24) is 0 Å². The van der Waals surface area contributed by atoms with E-state index in [-0.39, 0.29) is 18.4 Å². The monoisotopic (exact) mass is 421 g/mol. The number of halogens is 1. The molecule has 0 saturated carbocycles. The van der Waals surface area contributed by atoms with Crippen LogP contribution in [0, 0.1) is 6.92 Å². The van der Waals surface area contributed by atoms with Crippen LogP contribution in [0.15, 0.2) is 72.8 Å². The molecule has 0 unspecified atom stereocenters. The molecule has 0 radical (unpaired) electrons. The SMILES string of the molecule is CCN(C(=O)c1ccc(NCC(=O)Nc2cccc(Cl)c2C)cc1)c1ccccc1. The van der Waals surface area contributed by atoms with Crippen LogP contribution in [0.2, 0.25) is 5.02 Å². The maximum atomic E-state index is 12.8. The van der Waals surface area contributed by atoms with Crippen LogP contribution in [0.25, 0.3) is 0 Å². The van der Waals surface area contributed by atoms with Gasteiger partial charge in [0.05, 0.1) is 6.54 Å². The van der Waals surface area contributed by atoms with Gasteiger partial charge in [-0.25, -0.2) is 0 Å². The zero-order chi connectivity index (χ0) is 21.5. The van der Waals surface area contributed by atoms with Gasteiger partial charge < -0.3 is 15.5 Å². The Hall–Kier alpha value is -3.31. The second-order valence-electron chi connectivity index (χ2n) is 6.78. The van der Waals surface area contributed by atoms with Crippen LogP contribution in [0.4, 0.5) is 17.1 Å². The van der Waals surface area contributed by atoms with Gasteiger partial charge in [-0.2, -0.15) is 0 Å². The number of hydrogen-bond acceptors (Lipinski definition) is 3. The summed E-state index contributed by atoms with van der Waals surface area (Å²) in [5, 5.41) is 6.52. The highest BCUT2D eigenvalue weighted by atomic mass is 35.5. The lowest BCUT2D eigenvalue weighted by atomic mass is 10.1. The van der Waals surface area contributed by atoms with E-state index < -0.39 is 0 Å². The second-order valence-corrected chi connectivity index (χ2v) is 7.18. The average Bonchev–Trinajstić information content (AvgIpc) is 2.77. The first-order valence-corrected chi connectivity index (χ1v) is 10.1. The molecule has 6 heteroatoms. The van der Waals surface area contributed by atoms with Crippen molar-refractivity contribution in [3.63, 3.8) is 0 Å². The minimum absolute atomic E-state index is 0.0653. The molecule has 0 aliphatic carbocycles. The Labute approximate surface area is 181 Å². The highest BCUT2D eigenvalue weighted by Gasteiger charge is 2.15. The van der Waals surface area contributed by atoms with Crippen LogP contribution in [0.1, 0.15) is 22.8 Å². The molecule has 2 amide bonds. The van der Waals surface area contributed by atoms with E-state index in [4.69, 9.17) is 11.6 Å². The molecule has 3 aromatic carbocycles. The molecule has 3 rings (SSSR count). The number of carbonyl (C=O) groups is 2. The van der Waals surface area contributed by atoms with Crippen LogP contribution < -0.4 is 15.5 Å². The molecule has 0 fully saturated rings. The Morgan fingerprint density at radius 3 is 2.30 bits per heavy atom. The topological polar surface area (TPSA) is 61.4 Å². The standard InChI is InChI=1S/C24H24ClN3O2/c1-3-28(20-8-5-4-6-9-20)24(30)18-12-14-19(15-13-18)26-16-23(29)27-22-11-7-10-21(25)17(22)2/h4-15,26H,3,16H2,1-2H3,(H,27,29). The van der Waals surface area contributed by atoms with Crippen LogP contribution in [-0.4, -0.2) is 24.9 Å². The van der Waals surface area contributed by atoms with Gasteiger partial charge in [0.2, 0.25) is 5.91 Å². The molecule has 0 atom stereocenters. The summed E-state index contributed by atoms with van der Waals surface area (Å²) in [6, 6.07) is 22.1. The third-order valence-electron chi connectivity index (χ3n) is 4.76. The molecule has 154 valence electrons. The van der Waals surface area contributed by atoms with Crippen LogP contribution in [0.5, 0.6) is 0 Å². The van der Waals surface area contributed by atoms with Gasteiger partial charge in [0, 0.05) is 34.2 Å². The Morgan fingerprint density at radius 2 is 1.63 bits per heavy atom. The number of carbonyl (C=O) groups excluding carboxylic acids is 2. The minimum Gasteiger partial charge on any atom is -0.376 e. The highest BCUT2D eigenvalue weighted by molar-refractivity contribution is 6.31. The Morgan fingerprint density at radius 1 is 0.933 bits per heavy atom. The Kier molecular flexibility index (Phi) is 7.09. The van der Waals surface area contributed by atoms with E-state index >= 15 is 0 Å². The summed E-state index contributed by atoms with van der Waals surface area (Å²) in [4.78, 5) is 26.8. The van der Waals surface area contributed by atoms with Crippen LogP contribution >= 0.6 is 11.6 Å². The van der Waals surface area contributed by atoms with Crippen molar-refractivity contribution in [1.29, 1.82) is 0 Å². The van der Waals surface area contributed by atoms with Gasteiger partial charge in [-0.15, -0.1) is 0 Å². The summed E-state index contributed by atoms with van der Waals surface area (Å²) < 4.78 is 0. The van der Waals surface area contributed by atoms with Crippen molar-refractivity contribution in [3.05, 3.63) is 88.9 Å². The fourth-order valence-electron chi connectivity index (χ4n) is 3.06. The molecule has 0 saturated heterocycles. The molecule has 5 nitrogen and oxygen atoms in total. The first-order valence-electron chi connectivity index (χ1n) is 9.75. The summed E-state index contributed by atoms with van der Waals surface area (Å²) in [5.41, 5.74) is 3.72. The van der Waals surface area contributed by atoms with E-state index in [1.54, 1.807) is 41.3 Å². The largest absolute Gasteiger partial charge is 0.376 e. The van der Waals surface area contributed by atoms with Crippen molar-refractivity contribution in [2.45, 2.75) is 13.8 Å². The van der Waals surface area contributed by atoms with Gasteiger partial charge in [-0.3, -0.25) is 9.59 Å². The van der Waals surface area contributed by atoms with Gasteiger partial charge in [0.1, 0.15) is 0 Å². The summed E-state index contributed by atoms with van der Waals surface area (Å²) in [5.74, 6) is -0.244. The van der Waals surface area contributed by atoms with Crippen LogP contribution in [0.3, 0.4) is 0 Å². The molecule has 0 aliphatic rings. The number of rotatable bonds is 7. The number of hydrogen-bond donors (Lipinski definition) is 2. The summed E-state index contributed by atoms with van der Waals surface area (Å²) in [6.45, 7) is 4.48. The first-order chi connectivity index (χ1) is 14.5. The van der Waals surface area contributed by atoms with Crippen molar-refractivity contribution in [2.75, 3.05) is 28.6 Å². The fraction of sp³-hybridized carbons (Fsp3) is 0.167. The highest BCUT2D eigenvalue weighted by Crippen LogP contribution is 2.23. The number of nitrogens with zero attached hydrogens (tertiary/aromatic N) is 1. The van der Waals surface area contributed by atoms with Crippen LogP contribution in [-0.2, 0) is 4.79 Å². The smallest absolute Gasteiger partial charge is 0.258 e. The Bertz CT molecular complexity index is 1020. The van der Waals surface area contributed by atoms with E-state index in [0.29, 0.717) is 22.8 Å². The molecule has 30 heavy (non-hydrogen) atoms. The molecular formula is C24H24ClN3O2. The lowest BCUT2D eigenvalue weighted by Gasteiger charge is -2.21. The zero-order valence-electron chi connectivity index (χ0n) is 17.0. The summed E-state index contributed by atoms with van der Waals surface area (Å²) >= 11 is 6.08. The zero-order valence-corrected chi connectivity index (χ0v) is 17.7. The normalized spacial score (nSPS) is 10.4. The molecular weight excluding hydrogens is 398 g/mol. The predicted molar refractivity (Wildman–Crippen MR) is 124 cm³/mol. The average molecular weight is 422 g/mol. The number of amides is 2. The summed E-state index contributed by atoms with van der Waals surface area (Å²) in [6.07, 6.45) is 0. The van der Waals surface area contributed by atoms with Crippen molar-refractivity contribution in [3.8, 4) is 0 Å². The predicted octanol–water partition coefficient (Wildman–Crippen LogP) is 5.37. The third kappa shape index (κ3) is 5.19. The van der Waals surface area contributed by atoms with Gasteiger partial charge in [0.15, 0.2) is 0 Å². The molecule has 3 aromatic rings. The third-order valence-corrected chi connectivity index (χ3v) is 5.17. The fourth-order valence-corrected chi connectivity index (χ4v) is 3.23. The number of anilines is 3. The van der Waals surface area contributed by atoms with Crippen molar-refractivity contribution in [2.24, 2.45) is 0 Å². The van der Waals surface area contributed by atoms with E-state index in [1.807, 2.05) is 50.2 Å². The molecule has 0 aliphatic heterocycles. The lowest BCUT2D eigenvalue weighted by Crippen LogP contribution is -2.30. The number of nitrogens with one attached hydrogen (secondary N) is 2. The van der Waals surface area contributed by atoms with Gasteiger partial charge in [-0.1, -0.05) is 35.9 Å². The summed E-state index contributed by atoms with van der Waals surface area (Å²) in [7, 11) is 0. The van der Waals surface area contributed by atoms with Crippen molar-refractivity contribution < 1.29 is 9.59 Å². The number of para-hydroxylation sites is 1. The van der Waals surface area contributed by atoms with Gasteiger partial charge in [-0.05, 0) is 67.9 Å².